The zero-order valence-electron chi connectivity index (χ0n) is 11.8. The molecule has 0 atom stereocenters. The summed E-state index contributed by atoms with van der Waals surface area (Å²) in [5.74, 6) is -0.780. The van der Waals surface area contributed by atoms with Gasteiger partial charge in [0.2, 0.25) is 5.75 Å². The topological polar surface area (TPSA) is 95.9 Å². The molecule has 110 valence electrons. The van der Waals surface area contributed by atoms with Crippen LogP contribution in [0.3, 0.4) is 0 Å². The lowest BCUT2D eigenvalue weighted by Crippen LogP contribution is -2.15. The highest BCUT2D eigenvalue weighted by Gasteiger charge is 2.18. The molecule has 6 heteroatoms. The van der Waals surface area contributed by atoms with Gasteiger partial charge < -0.3 is 10.1 Å². The van der Waals surface area contributed by atoms with Crippen molar-refractivity contribution in [2.75, 3.05) is 0 Å². The lowest BCUT2D eigenvalue weighted by Gasteiger charge is -2.05. The van der Waals surface area contributed by atoms with Crippen molar-refractivity contribution in [2.45, 2.75) is 32.6 Å². The number of carbonyl (C=O) groups excluding carboxylic acids is 1. The van der Waals surface area contributed by atoms with Crippen LogP contribution in [0, 0.1) is 0 Å². The molecule has 2 heterocycles. The summed E-state index contributed by atoms with van der Waals surface area (Å²) in [6, 6.07) is 5.15. The molecule has 2 aromatic rings. The molecule has 0 fully saturated rings. The van der Waals surface area contributed by atoms with Gasteiger partial charge in [0.05, 0.1) is 0 Å². The van der Waals surface area contributed by atoms with Crippen molar-refractivity contribution in [3.63, 3.8) is 0 Å². The number of rotatable bonds is 6. The monoisotopic (exact) mass is 287 g/mol. The highest BCUT2D eigenvalue weighted by Crippen LogP contribution is 2.17. The largest absolute Gasteiger partial charge is 0.501 e. The summed E-state index contributed by atoms with van der Waals surface area (Å²) in [5, 5.41) is 9.75. The highest BCUT2D eigenvalue weighted by atomic mass is 16.3. The summed E-state index contributed by atoms with van der Waals surface area (Å²) in [4.78, 5) is 34.4. The van der Waals surface area contributed by atoms with E-state index < -0.39 is 11.3 Å². The predicted octanol–water partition coefficient (Wildman–Crippen LogP) is 2.30. The molecule has 0 amide bonds. The third-order valence-corrected chi connectivity index (χ3v) is 3.07. The van der Waals surface area contributed by atoms with Crippen LogP contribution < -0.4 is 5.56 Å². The average molecular weight is 287 g/mol. The number of carbonyl (C=O) groups is 1. The van der Waals surface area contributed by atoms with E-state index in [0.29, 0.717) is 12.1 Å². The number of aromatic nitrogens is 3. The number of hydrogen-bond acceptors (Lipinski definition) is 5. The van der Waals surface area contributed by atoms with Crippen molar-refractivity contribution >= 4 is 5.78 Å². The molecular weight excluding hydrogens is 270 g/mol. The Morgan fingerprint density at radius 1 is 1.33 bits per heavy atom. The third-order valence-electron chi connectivity index (χ3n) is 3.07. The Kier molecular flexibility index (Phi) is 4.81. The van der Waals surface area contributed by atoms with Gasteiger partial charge in [-0.3, -0.25) is 14.6 Å². The molecule has 0 unspecified atom stereocenters. The van der Waals surface area contributed by atoms with Crippen molar-refractivity contribution in [3.05, 3.63) is 40.4 Å². The number of pyridine rings is 1. The first-order chi connectivity index (χ1) is 10.1. The van der Waals surface area contributed by atoms with E-state index in [2.05, 4.69) is 15.0 Å². The van der Waals surface area contributed by atoms with Gasteiger partial charge in [-0.05, 0) is 18.6 Å². The summed E-state index contributed by atoms with van der Waals surface area (Å²) in [5.41, 5.74) is -0.475. The van der Waals surface area contributed by atoms with Crippen molar-refractivity contribution in [1.82, 2.24) is 15.0 Å². The summed E-state index contributed by atoms with van der Waals surface area (Å²) < 4.78 is 0. The van der Waals surface area contributed by atoms with Crippen molar-refractivity contribution in [2.24, 2.45) is 0 Å². The maximum absolute atomic E-state index is 12.1. The van der Waals surface area contributed by atoms with Crippen molar-refractivity contribution in [3.8, 4) is 17.3 Å². The Bertz CT molecular complexity index is 680. The van der Waals surface area contributed by atoms with Gasteiger partial charge in [0.15, 0.2) is 17.3 Å². The van der Waals surface area contributed by atoms with E-state index in [1.54, 1.807) is 24.4 Å². The Labute approximate surface area is 121 Å². The SMILES string of the molecule is CCCCCC(=O)c1nc(-c2ccccn2)[nH]c(=O)c1O. The second-order valence-corrected chi connectivity index (χ2v) is 4.71. The summed E-state index contributed by atoms with van der Waals surface area (Å²) >= 11 is 0. The number of hydrogen-bond donors (Lipinski definition) is 2. The standard InChI is InChI=1S/C15H17N3O3/c1-2-3-4-8-11(19)12-13(20)15(21)18-14(17-12)10-7-5-6-9-16-10/h5-7,9,20H,2-4,8H2,1H3,(H,17,18,21). The number of aromatic amines is 1. The van der Waals surface area contributed by atoms with Gasteiger partial charge in [-0.1, -0.05) is 25.8 Å². The van der Waals surface area contributed by atoms with Gasteiger partial charge in [0, 0.05) is 12.6 Å². The number of unbranched alkanes of at least 4 members (excludes halogenated alkanes) is 2. The van der Waals surface area contributed by atoms with Gasteiger partial charge in [0.25, 0.3) is 5.56 Å². The molecule has 0 aliphatic heterocycles. The molecule has 0 spiro atoms. The van der Waals surface area contributed by atoms with Crippen LogP contribution in [0.4, 0.5) is 0 Å². The Hall–Kier alpha value is -2.50. The smallest absolute Gasteiger partial charge is 0.294 e. The van der Waals surface area contributed by atoms with Crippen LogP contribution in [-0.4, -0.2) is 25.8 Å². The van der Waals surface area contributed by atoms with Crippen LogP contribution in [0.2, 0.25) is 0 Å². The fraction of sp³-hybridized carbons (Fsp3) is 0.333. The fourth-order valence-electron chi connectivity index (χ4n) is 1.94. The zero-order valence-corrected chi connectivity index (χ0v) is 11.8. The first-order valence-corrected chi connectivity index (χ1v) is 6.91. The average Bonchev–Trinajstić information content (AvgIpc) is 2.51. The second-order valence-electron chi connectivity index (χ2n) is 4.71. The number of H-pyrrole nitrogens is 1. The lowest BCUT2D eigenvalue weighted by molar-refractivity contribution is 0.0971. The van der Waals surface area contributed by atoms with E-state index in [0.717, 1.165) is 12.8 Å². The molecule has 2 N–H and O–H groups in total. The molecule has 0 aliphatic rings. The number of nitrogens with zero attached hydrogens (tertiary/aromatic N) is 2. The minimum Gasteiger partial charge on any atom is -0.501 e. The highest BCUT2D eigenvalue weighted by molar-refractivity contribution is 5.96. The Morgan fingerprint density at radius 2 is 2.14 bits per heavy atom. The minimum atomic E-state index is -0.732. The van der Waals surface area contributed by atoms with E-state index in [1.807, 2.05) is 6.92 Å². The number of ketones is 1. The zero-order chi connectivity index (χ0) is 15.2. The molecule has 0 saturated heterocycles. The Balaban J connectivity index is 2.35. The minimum absolute atomic E-state index is 0.178. The molecule has 21 heavy (non-hydrogen) atoms. The van der Waals surface area contributed by atoms with Crippen LogP contribution in [-0.2, 0) is 0 Å². The molecular formula is C15H17N3O3. The molecule has 0 aromatic carbocycles. The van der Waals surface area contributed by atoms with Crippen LogP contribution in [0.1, 0.15) is 43.1 Å². The van der Waals surface area contributed by atoms with Gasteiger partial charge in [-0.15, -0.1) is 0 Å². The van der Waals surface area contributed by atoms with Crippen LogP contribution in [0.5, 0.6) is 5.75 Å². The first kappa shape index (κ1) is 14.9. The second kappa shape index (κ2) is 6.78. The van der Waals surface area contributed by atoms with Crippen molar-refractivity contribution in [1.29, 1.82) is 0 Å². The van der Waals surface area contributed by atoms with E-state index >= 15 is 0 Å². The van der Waals surface area contributed by atoms with E-state index in [-0.39, 0.29) is 23.7 Å². The predicted molar refractivity (Wildman–Crippen MR) is 78.2 cm³/mol. The fourth-order valence-corrected chi connectivity index (χ4v) is 1.94. The summed E-state index contributed by atoms with van der Waals surface area (Å²) in [7, 11) is 0. The molecule has 0 aliphatic carbocycles. The third kappa shape index (κ3) is 3.53. The first-order valence-electron chi connectivity index (χ1n) is 6.91. The Morgan fingerprint density at radius 3 is 2.81 bits per heavy atom. The van der Waals surface area contributed by atoms with E-state index in [9.17, 15) is 14.7 Å². The van der Waals surface area contributed by atoms with Crippen LogP contribution in [0.15, 0.2) is 29.2 Å². The van der Waals surface area contributed by atoms with Gasteiger partial charge in [-0.2, -0.15) is 0 Å². The van der Waals surface area contributed by atoms with Crippen LogP contribution >= 0.6 is 0 Å². The number of Topliss-reactive ketones (excluding diaryl/α,β-unsaturated/α-hetero) is 1. The van der Waals surface area contributed by atoms with E-state index in [1.165, 1.54) is 0 Å². The lowest BCUT2D eigenvalue weighted by atomic mass is 10.1. The molecule has 0 saturated carbocycles. The molecule has 2 aromatic heterocycles. The molecule has 0 radical (unpaired) electrons. The molecule has 2 rings (SSSR count). The number of nitrogens with one attached hydrogen (secondary N) is 1. The van der Waals surface area contributed by atoms with Gasteiger partial charge in [0.1, 0.15) is 5.69 Å². The van der Waals surface area contributed by atoms with Gasteiger partial charge in [-0.25, -0.2) is 4.98 Å². The normalized spacial score (nSPS) is 10.5. The maximum Gasteiger partial charge on any atom is 0.294 e. The molecule has 0 bridgehead atoms. The summed E-state index contributed by atoms with van der Waals surface area (Å²) in [6.07, 6.45) is 4.44. The van der Waals surface area contributed by atoms with Crippen molar-refractivity contribution < 1.29 is 9.90 Å². The molecule has 6 nitrogen and oxygen atoms in total. The quantitative estimate of drug-likeness (QED) is 0.627. The maximum atomic E-state index is 12.1. The van der Waals surface area contributed by atoms with E-state index in [4.69, 9.17) is 0 Å². The number of aromatic hydroxyl groups is 1. The van der Waals surface area contributed by atoms with Gasteiger partial charge >= 0.3 is 0 Å². The van der Waals surface area contributed by atoms with Crippen LogP contribution in [0.25, 0.3) is 11.5 Å². The summed E-state index contributed by atoms with van der Waals surface area (Å²) in [6.45, 7) is 2.03.